The molecule has 0 spiro atoms. The molecule has 5 rings (SSSR count). The van der Waals surface area contributed by atoms with Gasteiger partial charge < -0.3 is 4.98 Å². The summed E-state index contributed by atoms with van der Waals surface area (Å²) in [7, 11) is -3.00. The lowest BCUT2D eigenvalue weighted by Crippen LogP contribution is -2.31. The average Bonchev–Trinajstić information content (AvgIpc) is 3.28. The molecular formula is C23H21N3O2S. The van der Waals surface area contributed by atoms with E-state index in [0.717, 1.165) is 27.7 Å². The molecule has 146 valence electrons. The fourth-order valence-corrected chi connectivity index (χ4v) is 5.69. The van der Waals surface area contributed by atoms with E-state index in [-0.39, 0.29) is 17.5 Å². The minimum atomic E-state index is -3.00. The van der Waals surface area contributed by atoms with E-state index in [2.05, 4.69) is 29.2 Å². The fourth-order valence-electron chi connectivity index (χ4n) is 4.00. The zero-order chi connectivity index (χ0) is 19.8. The predicted molar refractivity (Wildman–Crippen MR) is 119 cm³/mol. The number of aromatic amines is 1. The van der Waals surface area contributed by atoms with Crippen molar-refractivity contribution in [2.45, 2.75) is 12.5 Å². The molecule has 3 aromatic carbocycles. The molecule has 0 radical (unpaired) electrons. The van der Waals surface area contributed by atoms with Crippen molar-refractivity contribution in [3.8, 4) is 0 Å². The van der Waals surface area contributed by atoms with Crippen molar-refractivity contribution in [2.75, 3.05) is 16.5 Å². The van der Waals surface area contributed by atoms with Gasteiger partial charge in [-0.1, -0.05) is 42.5 Å². The topological polar surface area (TPSA) is 65.5 Å². The highest BCUT2D eigenvalue weighted by Crippen LogP contribution is 2.27. The molecule has 4 aromatic rings. The first-order chi connectivity index (χ1) is 14.1. The van der Waals surface area contributed by atoms with Crippen LogP contribution in [-0.4, -0.2) is 37.2 Å². The molecule has 2 heterocycles. The lowest BCUT2D eigenvalue weighted by molar-refractivity contribution is 0.600. The molecule has 0 amide bonds. The summed E-state index contributed by atoms with van der Waals surface area (Å²) >= 11 is 0. The van der Waals surface area contributed by atoms with E-state index in [4.69, 9.17) is 5.10 Å². The van der Waals surface area contributed by atoms with Crippen LogP contribution in [-0.2, 0) is 9.84 Å². The van der Waals surface area contributed by atoms with Crippen LogP contribution in [0.3, 0.4) is 0 Å². The van der Waals surface area contributed by atoms with E-state index in [1.54, 1.807) is 0 Å². The third-order valence-corrected chi connectivity index (χ3v) is 7.19. The second-order valence-corrected chi connectivity index (χ2v) is 9.69. The maximum absolute atomic E-state index is 12.0. The highest BCUT2D eigenvalue weighted by Gasteiger charge is 2.32. The Labute approximate surface area is 169 Å². The van der Waals surface area contributed by atoms with E-state index >= 15 is 0 Å². The number of H-pyrrole nitrogens is 1. The molecule has 1 unspecified atom stereocenters. The van der Waals surface area contributed by atoms with Crippen LogP contribution in [0.25, 0.3) is 21.8 Å². The summed E-state index contributed by atoms with van der Waals surface area (Å²) in [5.41, 5.74) is 4.08. The van der Waals surface area contributed by atoms with E-state index in [9.17, 15) is 8.42 Å². The normalized spacial score (nSPS) is 18.7. The van der Waals surface area contributed by atoms with Gasteiger partial charge in [-0.2, -0.15) is 5.10 Å². The number of para-hydroxylation sites is 2. The molecule has 5 nitrogen and oxygen atoms in total. The van der Waals surface area contributed by atoms with E-state index in [0.29, 0.717) is 6.42 Å². The summed E-state index contributed by atoms with van der Waals surface area (Å²) in [6.07, 6.45) is 2.41. The van der Waals surface area contributed by atoms with Gasteiger partial charge in [0.2, 0.25) is 0 Å². The Bertz CT molecular complexity index is 1310. The summed E-state index contributed by atoms with van der Waals surface area (Å²) in [4.78, 5) is 3.43. The first-order valence-corrected chi connectivity index (χ1v) is 11.5. The average molecular weight is 404 g/mol. The van der Waals surface area contributed by atoms with Crippen molar-refractivity contribution >= 4 is 43.5 Å². The van der Waals surface area contributed by atoms with Crippen molar-refractivity contribution in [3.63, 3.8) is 0 Å². The number of nitrogens with zero attached hydrogens (tertiary/aromatic N) is 2. The monoisotopic (exact) mass is 403 g/mol. The van der Waals surface area contributed by atoms with Crippen LogP contribution in [0.2, 0.25) is 0 Å². The molecule has 0 aliphatic carbocycles. The largest absolute Gasteiger partial charge is 0.355 e. The standard InChI is InChI=1S/C23H21N3O2S/c27-29(28)13-12-19(16-29)26(18-6-2-1-3-7-18)24-15-17-10-11-23-21(14-17)20-8-4-5-9-22(20)25-23/h1-11,14-15,19,25H,12-13,16H2/b24-15+. The molecule has 1 N–H and O–H groups in total. The summed E-state index contributed by atoms with van der Waals surface area (Å²) in [5, 5.41) is 8.90. The SMILES string of the molecule is O=S1(=O)CCC(N(/N=C/c2ccc3[nH]c4ccccc4c3c2)c2ccccc2)C1. The summed E-state index contributed by atoms with van der Waals surface area (Å²) in [5.74, 6) is 0.360. The van der Waals surface area contributed by atoms with Crippen LogP contribution in [0.15, 0.2) is 77.9 Å². The Morgan fingerprint density at radius 3 is 2.48 bits per heavy atom. The Kier molecular flexibility index (Phi) is 4.36. The van der Waals surface area contributed by atoms with Crippen LogP contribution in [0.5, 0.6) is 0 Å². The molecule has 0 saturated carbocycles. The van der Waals surface area contributed by atoms with Gasteiger partial charge in [0.05, 0.1) is 29.4 Å². The lowest BCUT2D eigenvalue weighted by Gasteiger charge is -2.25. The zero-order valence-electron chi connectivity index (χ0n) is 15.8. The van der Waals surface area contributed by atoms with Gasteiger partial charge in [-0.05, 0) is 42.3 Å². The Morgan fingerprint density at radius 2 is 1.69 bits per heavy atom. The molecule has 1 saturated heterocycles. The van der Waals surface area contributed by atoms with Crippen LogP contribution in [0.1, 0.15) is 12.0 Å². The highest BCUT2D eigenvalue weighted by atomic mass is 32.2. The third-order valence-electron chi connectivity index (χ3n) is 5.44. The Hall–Kier alpha value is -3.12. The predicted octanol–water partition coefficient (Wildman–Crippen LogP) is 4.35. The van der Waals surface area contributed by atoms with Crippen molar-refractivity contribution in [1.29, 1.82) is 0 Å². The number of anilines is 1. The van der Waals surface area contributed by atoms with Gasteiger partial charge in [-0.15, -0.1) is 0 Å². The van der Waals surface area contributed by atoms with E-state index in [1.807, 2.05) is 59.8 Å². The molecule has 0 bridgehead atoms. The van der Waals surface area contributed by atoms with Gasteiger partial charge in [0.1, 0.15) is 0 Å². The number of sulfone groups is 1. The molecule has 1 aromatic heterocycles. The Morgan fingerprint density at radius 1 is 0.931 bits per heavy atom. The molecule has 29 heavy (non-hydrogen) atoms. The smallest absolute Gasteiger partial charge is 0.152 e. The molecule has 1 aliphatic rings. The van der Waals surface area contributed by atoms with Crippen LogP contribution in [0.4, 0.5) is 5.69 Å². The second-order valence-electron chi connectivity index (χ2n) is 7.46. The number of benzene rings is 3. The lowest BCUT2D eigenvalue weighted by atomic mass is 10.1. The number of nitrogens with one attached hydrogen (secondary N) is 1. The van der Waals surface area contributed by atoms with Crippen molar-refractivity contribution < 1.29 is 8.42 Å². The maximum atomic E-state index is 12.0. The van der Waals surface area contributed by atoms with Crippen LogP contribution < -0.4 is 5.01 Å². The number of hydrazone groups is 1. The zero-order valence-corrected chi connectivity index (χ0v) is 16.6. The molecular weight excluding hydrogens is 382 g/mol. The number of rotatable bonds is 4. The first-order valence-electron chi connectivity index (χ1n) is 9.68. The fraction of sp³-hybridized carbons (Fsp3) is 0.174. The quantitative estimate of drug-likeness (QED) is 0.407. The molecule has 6 heteroatoms. The number of fused-ring (bicyclic) bond motifs is 3. The van der Waals surface area contributed by atoms with Gasteiger partial charge in [0, 0.05) is 21.8 Å². The molecule has 1 fully saturated rings. The van der Waals surface area contributed by atoms with Gasteiger partial charge in [0.15, 0.2) is 9.84 Å². The summed E-state index contributed by atoms with van der Waals surface area (Å²) in [6.45, 7) is 0. The first kappa shape index (κ1) is 17.9. The second kappa shape index (κ2) is 7.04. The van der Waals surface area contributed by atoms with Crippen molar-refractivity contribution in [2.24, 2.45) is 5.10 Å². The minimum Gasteiger partial charge on any atom is -0.355 e. The Balaban J connectivity index is 1.52. The number of aromatic nitrogens is 1. The highest BCUT2D eigenvalue weighted by molar-refractivity contribution is 7.91. The summed E-state index contributed by atoms with van der Waals surface area (Å²) in [6, 6.07) is 24.1. The van der Waals surface area contributed by atoms with Crippen molar-refractivity contribution in [3.05, 3.63) is 78.4 Å². The maximum Gasteiger partial charge on any atom is 0.152 e. The van der Waals surface area contributed by atoms with Gasteiger partial charge in [0.25, 0.3) is 0 Å². The third kappa shape index (κ3) is 3.51. The molecule has 1 atom stereocenters. The number of hydrogen-bond acceptors (Lipinski definition) is 4. The van der Waals surface area contributed by atoms with E-state index in [1.165, 1.54) is 5.39 Å². The van der Waals surface area contributed by atoms with Gasteiger partial charge in [-0.3, -0.25) is 5.01 Å². The van der Waals surface area contributed by atoms with Gasteiger partial charge >= 0.3 is 0 Å². The van der Waals surface area contributed by atoms with Crippen molar-refractivity contribution in [1.82, 2.24) is 4.98 Å². The summed E-state index contributed by atoms with van der Waals surface area (Å²) < 4.78 is 24.0. The van der Waals surface area contributed by atoms with Crippen LogP contribution >= 0.6 is 0 Å². The minimum absolute atomic E-state index is 0.140. The van der Waals surface area contributed by atoms with Crippen LogP contribution in [0, 0.1) is 0 Å². The molecule has 1 aliphatic heterocycles. The van der Waals surface area contributed by atoms with Gasteiger partial charge in [-0.25, -0.2) is 8.42 Å². The van der Waals surface area contributed by atoms with E-state index < -0.39 is 9.84 Å². The number of hydrogen-bond donors (Lipinski definition) is 1.